The SMILES string of the molecule is CC(C)(N)CNC(=O)CCC1CCCCC1. The van der Waals surface area contributed by atoms with Gasteiger partial charge in [0.2, 0.25) is 5.91 Å². The summed E-state index contributed by atoms with van der Waals surface area (Å²) in [6, 6.07) is 0. The molecule has 1 fully saturated rings. The highest BCUT2D eigenvalue weighted by Gasteiger charge is 2.16. The average Bonchev–Trinajstić information content (AvgIpc) is 2.24. The minimum absolute atomic E-state index is 0.157. The Kier molecular flexibility index (Phi) is 5.26. The first kappa shape index (κ1) is 13.5. The van der Waals surface area contributed by atoms with Gasteiger partial charge in [0.1, 0.15) is 0 Å². The maximum atomic E-state index is 11.6. The van der Waals surface area contributed by atoms with E-state index >= 15 is 0 Å². The molecule has 0 heterocycles. The lowest BCUT2D eigenvalue weighted by molar-refractivity contribution is -0.121. The van der Waals surface area contributed by atoms with Gasteiger partial charge in [0.25, 0.3) is 0 Å². The Morgan fingerprint density at radius 1 is 1.31 bits per heavy atom. The molecule has 0 saturated heterocycles. The highest BCUT2D eigenvalue weighted by molar-refractivity contribution is 5.75. The first-order valence-corrected chi connectivity index (χ1v) is 6.53. The predicted octanol–water partition coefficient (Wildman–Crippen LogP) is 2.20. The molecular formula is C13H26N2O. The van der Waals surface area contributed by atoms with Crippen LogP contribution in [0.2, 0.25) is 0 Å². The number of rotatable bonds is 5. The Hall–Kier alpha value is -0.570. The van der Waals surface area contributed by atoms with Crippen LogP contribution in [-0.4, -0.2) is 18.0 Å². The minimum atomic E-state index is -0.305. The summed E-state index contributed by atoms with van der Waals surface area (Å²) in [6.45, 7) is 4.42. The van der Waals surface area contributed by atoms with Crippen LogP contribution < -0.4 is 11.1 Å². The number of hydrogen-bond donors (Lipinski definition) is 2. The molecule has 3 nitrogen and oxygen atoms in total. The number of carbonyl (C=O) groups excluding carboxylic acids is 1. The molecule has 16 heavy (non-hydrogen) atoms. The van der Waals surface area contributed by atoms with Crippen LogP contribution in [-0.2, 0) is 4.79 Å². The Morgan fingerprint density at radius 2 is 1.94 bits per heavy atom. The largest absolute Gasteiger partial charge is 0.354 e. The van der Waals surface area contributed by atoms with Gasteiger partial charge in [0.15, 0.2) is 0 Å². The second-order valence-corrected chi connectivity index (χ2v) is 5.81. The molecule has 1 amide bonds. The van der Waals surface area contributed by atoms with E-state index in [9.17, 15) is 4.79 Å². The number of nitrogens with two attached hydrogens (primary N) is 1. The molecule has 0 aromatic carbocycles. The van der Waals surface area contributed by atoms with Gasteiger partial charge >= 0.3 is 0 Å². The van der Waals surface area contributed by atoms with Crippen molar-refractivity contribution < 1.29 is 4.79 Å². The average molecular weight is 226 g/mol. The number of hydrogen-bond acceptors (Lipinski definition) is 2. The molecule has 1 rings (SSSR count). The fourth-order valence-electron chi connectivity index (χ4n) is 2.23. The van der Waals surface area contributed by atoms with E-state index in [0.717, 1.165) is 12.3 Å². The molecular weight excluding hydrogens is 200 g/mol. The quantitative estimate of drug-likeness (QED) is 0.755. The molecule has 0 atom stereocenters. The third-order valence-electron chi connectivity index (χ3n) is 3.25. The van der Waals surface area contributed by atoms with Crippen LogP contribution in [0.15, 0.2) is 0 Å². The van der Waals surface area contributed by atoms with Gasteiger partial charge in [-0.15, -0.1) is 0 Å². The van der Waals surface area contributed by atoms with E-state index in [4.69, 9.17) is 5.73 Å². The summed E-state index contributed by atoms with van der Waals surface area (Å²) >= 11 is 0. The van der Waals surface area contributed by atoms with E-state index in [0.29, 0.717) is 13.0 Å². The molecule has 94 valence electrons. The maximum Gasteiger partial charge on any atom is 0.220 e. The van der Waals surface area contributed by atoms with Crippen molar-refractivity contribution in [2.75, 3.05) is 6.54 Å². The maximum absolute atomic E-state index is 11.6. The van der Waals surface area contributed by atoms with Gasteiger partial charge in [0.05, 0.1) is 0 Å². The van der Waals surface area contributed by atoms with Gasteiger partial charge in [0, 0.05) is 18.5 Å². The molecule has 0 aromatic heterocycles. The van der Waals surface area contributed by atoms with Crippen molar-refractivity contribution in [3.63, 3.8) is 0 Å². The van der Waals surface area contributed by atoms with Gasteiger partial charge in [-0.05, 0) is 26.2 Å². The molecule has 0 unspecified atom stereocenters. The zero-order valence-electron chi connectivity index (χ0n) is 10.7. The van der Waals surface area contributed by atoms with E-state index in [1.54, 1.807) is 0 Å². The molecule has 0 radical (unpaired) electrons. The molecule has 3 heteroatoms. The van der Waals surface area contributed by atoms with Gasteiger partial charge in [-0.25, -0.2) is 0 Å². The van der Waals surface area contributed by atoms with Crippen LogP contribution in [0.3, 0.4) is 0 Å². The standard InChI is InChI=1S/C13H26N2O/c1-13(2,14)10-15-12(16)9-8-11-6-4-3-5-7-11/h11H,3-10,14H2,1-2H3,(H,15,16). The number of nitrogens with one attached hydrogen (secondary N) is 1. The van der Waals surface area contributed by atoms with E-state index < -0.39 is 0 Å². The normalized spacial score (nSPS) is 18.4. The second-order valence-electron chi connectivity index (χ2n) is 5.81. The fourth-order valence-corrected chi connectivity index (χ4v) is 2.23. The molecule has 3 N–H and O–H groups in total. The van der Waals surface area contributed by atoms with Crippen LogP contribution in [0.4, 0.5) is 0 Å². The minimum Gasteiger partial charge on any atom is -0.354 e. The molecule has 0 bridgehead atoms. The highest BCUT2D eigenvalue weighted by Crippen LogP contribution is 2.27. The second kappa shape index (κ2) is 6.24. The molecule has 0 aromatic rings. The van der Waals surface area contributed by atoms with Crippen LogP contribution in [0.5, 0.6) is 0 Å². The zero-order valence-corrected chi connectivity index (χ0v) is 10.7. The monoisotopic (exact) mass is 226 g/mol. The summed E-state index contributed by atoms with van der Waals surface area (Å²) in [5.41, 5.74) is 5.50. The Morgan fingerprint density at radius 3 is 2.50 bits per heavy atom. The van der Waals surface area contributed by atoms with Crippen LogP contribution in [0.1, 0.15) is 58.8 Å². The van der Waals surface area contributed by atoms with Crippen molar-refractivity contribution >= 4 is 5.91 Å². The van der Waals surface area contributed by atoms with Crippen molar-refractivity contribution in [1.29, 1.82) is 0 Å². The number of carbonyl (C=O) groups is 1. The topological polar surface area (TPSA) is 55.1 Å². The van der Waals surface area contributed by atoms with Crippen molar-refractivity contribution in [2.24, 2.45) is 11.7 Å². The summed E-state index contributed by atoms with van der Waals surface area (Å²) in [5.74, 6) is 0.939. The molecule has 0 aliphatic heterocycles. The highest BCUT2D eigenvalue weighted by atomic mass is 16.1. The summed E-state index contributed by atoms with van der Waals surface area (Å²) in [5, 5.41) is 2.90. The Balaban J connectivity index is 2.09. The van der Waals surface area contributed by atoms with E-state index in [2.05, 4.69) is 5.32 Å². The molecule has 1 aliphatic carbocycles. The summed E-state index contributed by atoms with van der Waals surface area (Å²) < 4.78 is 0. The van der Waals surface area contributed by atoms with Gasteiger partial charge in [-0.1, -0.05) is 32.1 Å². The Labute approximate surface area is 99.2 Å². The smallest absolute Gasteiger partial charge is 0.220 e. The van der Waals surface area contributed by atoms with Crippen molar-refractivity contribution in [2.45, 2.75) is 64.3 Å². The van der Waals surface area contributed by atoms with Gasteiger partial charge in [-0.3, -0.25) is 4.79 Å². The van der Waals surface area contributed by atoms with E-state index in [1.165, 1.54) is 32.1 Å². The van der Waals surface area contributed by atoms with Gasteiger partial charge in [-0.2, -0.15) is 0 Å². The third kappa shape index (κ3) is 6.11. The predicted molar refractivity (Wildman–Crippen MR) is 67.1 cm³/mol. The van der Waals surface area contributed by atoms with Crippen molar-refractivity contribution in [1.82, 2.24) is 5.32 Å². The van der Waals surface area contributed by atoms with E-state index in [-0.39, 0.29) is 11.4 Å². The van der Waals surface area contributed by atoms with Crippen molar-refractivity contribution in [3.8, 4) is 0 Å². The van der Waals surface area contributed by atoms with Crippen LogP contribution in [0, 0.1) is 5.92 Å². The zero-order chi connectivity index (χ0) is 12.0. The van der Waals surface area contributed by atoms with E-state index in [1.807, 2.05) is 13.8 Å². The third-order valence-corrected chi connectivity index (χ3v) is 3.25. The lowest BCUT2D eigenvalue weighted by atomic mass is 9.86. The summed E-state index contributed by atoms with van der Waals surface area (Å²) in [6.07, 6.45) is 8.43. The first-order valence-electron chi connectivity index (χ1n) is 6.53. The first-order chi connectivity index (χ1) is 7.47. The van der Waals surface area contributed by atoms with Crippen LogP contribution >= 0.6 is 0 Å². The lowest BCUT2D eigenvalue weighted by Crippen LogP contribution is -2.45. The molecule has 1 aliphatic rings. The molecule has 1 saturated carbocycles. The van der Waals surface area contributed by atoms with Gasteiger partial charge < -0.3 is 11.1 Å². The lowest BCUT2D eigenvalue weighted by Gasteiger charge is -2.22. The summed E-state index contributed by atoms with van der Waals surface area (Å²) in [7, 11) is 0. The fraction of sp³-hybridized carbons (Fsp3) is 0.923. The number of amides is 1. The van der Waals surface area contributed by atoms with Crippen LogP contribution in [0.25, 0.3) is 0 Å². The summed E-state index contributed by atoms with van der Waals surface area (Å²) in [4.78, 5) is 11.6. The Bertz CT molecular complexity index is 214. The van der Waals surface area contributed by atoms with Crippen molar-refractivity contribution in [3.05, 3.63) is 0 Å². The molecule has 0 spiro atoms.